The van der Waals surface area contributed by atoms with Gasteiger partial charge in [0, 0.05) is 25.5 Å². The van der Waals surface area contributed by atoms with Crippen LogP contribution in [-0.4, -0.2) is 53.7 Å². The summed E-state index contributed by atoms with van der Waals surface area (Å²) in [7, 11) is 4.66. The summed E-state index contributed by atoms with van der Waals surface area (Å²) in [5, 5.41) is 3.92. The first-order valence-electron chi connectivity index (χ1n) is 9.78. The van der Waals surface area contributed by atoms with Crippen molar-refractivity contribution in [2.75, 3.05) is 39.9 Å². The number of halogens is 1. The van der Waals surface area contributed by atoms with Crippen LogP contribution in [0.15, 0.2) is 58.6 Å². The quantitative estimate of drug-likeness (QED) is 0.145. The average Bonchev–Trinajstić information content (AvgIpc) is 2.85. The predicted octanol–water partition coefficient (Wildman–Crippen LogP) is 4.26. The number of anilines is 1. The molecular formula is C23H32ClN5O4. The fraction of sp³-hybridized carbons (Fsp3) is 0.261. The first kappa shape index (κ1) is 29.6. The van der Waals surface area contributed by atoms with Crippen LogP contribution < -0.4 is 26.2 Å². The molecule has 0 bridgehead atoms. The van der Waals surface area contributed by atoms with Gasteiger partial charge in [0.25, 0.3) is 0 Å². The monoisotopic (exact) mass is 477 g/mol. The maximum atomic E-state index is 11.4. The molecule has 0 aliphatic carbocycles. The Morgan fingerprint density at radius 3 is 2.42 bits per heavy atom. The van der Waals surface area contributed by atoms with Gasteiger partial charge in [-0.1, -0.05) is 17.7 Å². The summed E-state index contributed by atoms with van der Waals surface area (Å²) in [6.45, 7) is 9.61. The van der Waals surface area contributed by atoms with Crippen LogP contribution in [0.1, 0.15) is 17.3 Å². The number of aliphatic imine (C=N–C) groups is 1. The molecule has 0 saturated heterocycles. The van der Waals surface area contributed by atoms with Gasteiger partial charge in [-0.3, -0.25) is 15.2 Å². The van der Waals surface area contributed by atoms with Crippen molar-refractivity contribution < 1.29 is 19.0 Å². The largest absolute Gasteiger partial charge is 0.495 e. The molecule has 0 aliphatic rings. The van der Waals surface area contributed by atoms with Crippen LogP contribution >= 0.6 is 11.6 Å². The number of hydrogen-bond acceptors (Lipinski definition) is 9. The molecule has 180 valence electrons. The van der Waals surface area contributed by atoms with E-state index in [4.69, 9.17) is 25.8 Å². The summed E-state index contributed by atoms with van der Waals surface area (Å²) < 4.78 is 15.3. The Balaban J connectivity index is 0.000000586. The van der Waals surface area contributed by atoms with E-state index in [0.29, 0.717) is 41.0 Å². The van der Waals surface area contributed by atoms with Crippen LogP contribution in [0.4, 0.5) is 11.4 Å². The van der Waals surface area contributed by atoms with Crippen LogP contribution in [-0.2, 0) is 4.74 Å². The number of carbonyl (C=O) groups excluding carboxylic acids is 1. The molecule has 0 amide bonds. The lowest BCUT2D eigenvalue weighted by molar-refractivity contribution is 0.104. The molecule has 0 atom stereocenters. The summed E-state index contributed by atoms with van der Waals surface area (Å²) in [6.07, 6.45) is 3.19. The van der Waals surface area contributed by atoms with Gasteiger partial charge in [-0.2, -0.15) is 5.10 Å². The molecule has 10 heteroatoms. The Bertz CT molecular complexity index is 906. The number of nitrogens with two attached hydrogens (primary N) is 1. The fourth-order valence-electron chi connectivity index (χ4n) is 2.25. The Hall–Kier alpha value is -3.40. The van der Waals surface area contributed by atoms with Crippen molar-refractivity contribution in [3.8, 4) is 11.5 Å². The number of carbonyl (C=O) groups is 1. The van der Waals surface area contributed by atoms with Gasteiger partial charge in [0.05, 0.1) is 30.1 Å². The van der Waals surface area contributed by atoms with Crippen molar-refractivity contribution in [1.29, 1.82) is 0 Å². The summed E-state index contributed by atoms with van der Waals surface area (Å²) in [4.78, 5) is 15.3. The second-order valence-corrected chi connectivity index (χ2v) is 6.19. The van der Waals surface area contributed by atoms with Crippen LogP contribution in [0.3, 0.4) is 0 Å². The van der Waals surface area contributed by atoms with Gasteiger partial charge < -0.3 is 19.9 Å². The van der Waals surface area contributed by atoms with E-state index in [1.54, 1.807) is 44.4 Å². The third-order valence-corrected chi connectivity index (χ3v) is 4.02. The molecule has 0 aromatic heterocycles. The lowest BCUT2D eigenvalue weighted by atomic mass is 10.1. The number of benzene rings is 2. The molecule has 2 aromatic rings. The van der Waals surface area contributed by atoms with Crippen molar-refractivity contribution in [3.63, 3.8) is 0 Å². The van der Waals surface area contributed by atoms with Gasteiger partial charge >= 0.3 is 0 Å². The lowest BCUT2D eigenvalue weighted by Crippen LogP contribution is -2.13. The molecule has 33 heavy (non-hydrogen) atoms. The molecule has 0 heterocycles. The van der Waals surface area contributed by atoms with E-state index in [2.05, 4.69) is 40.2 Å². The van der Waals surface area contributed by atoms with Gasteiger partial charge in [-0.05, 0) is 57.1 Å². The van der Waals surface area contributed by atoms with Gasteiger partial charge in [0.2, 0.25) is 0 Å². The van der Waals surface area contributed by atoms with Crippen LogP contribution in [0.2, 0.25) is 5.02 Å². The Labute approximate surface area is 200 Å². The molecule has 4 N–H and O–H groups in total. The van der Waals surface area contributed by atoms with Gasteiger partial charge in [0.1, 0.15) is 18.1 Å². The first-order valence-corrected chi connectivity index (χ1v) is 10.2. The van der Waals surface area contributed by atoms with E-state index in [1.807, 2.05) is 12.1 Å². The van der Waals surface area contributed by atoms with Crippen LogP contribution in [0.5, 0.6) is 11.5 Å². The molecule has 0 radical (unpaired) electrons. The highest BCUT2D eigenvalue weighted by Crippen LogP contribution is 2.29. The molecule has 9 nitrogen and oxygen atoms in total. The Morgan fingerprint density at radius 1 is 1.15 bits per heavy atom. The van der Waals surface area contributed by atoms with E-state index in [0.717, 1.165) is 5.69 Å². The highest BCUT2D eigenvalue weighted by Gasteiger charge is 2.06. The average molecular weight is 478 g/mol. The SMILES string of the molecule is C/C=C/C(=O)c1ccc(OC)c(Cl)c1.C=NNNc1ccc(OCCOC)cc1N=C.CN. The van der Waals surface area contributed by atoms with Gasteiger partial charge in [0.15, 0.2) is 5.78 Å². The van der Waals surface area contributed by atoms with Crippen molar-refractivity contribution in [1.82, 2.24) is 5.53 Å². The minimum absolute atomic E-state index is 0.0583. The van der Waals surface area contributed by atoms with E-state index >= 15 is 0 Å². The summed E-state index contributed by atoms with van der Waals surface area (Å²) in [5.41, 5.74) is 11.8. The first-order chi connectivity index (χ1) is 16.0. The van der Waals surface area contributed by atoms with Crippen molar-refractivity contribution in [2.45, 2.75) is 6.92 Å². The predicted molar refractivity (Wildman–Crippen MR) is 137 cm³/mol. The molecule has 0 spiro atoms. The van der Waals surface area contributed by atoms with Crippen molar-refractivity contribution >= 4 is 42.2 Å². The summed E-state index contributed by atoms with van der Waals surface area (Å²) >= 11 is 5.87. The van der Waals surface area contributed by atoms with Crippen molar-refractivity contribution in [2.24, 2.45) is 15.8 Å². The molecular weight excluding hydrogens is 446 g/mol. The maximum absolute atomic E-state index is 11.4. The second kappa shape index (κ2) is 18.2. The lowest BCUT2D eigenvalue weighted by Gasteiger charge is -2.10. The number of hydrazine groups is 1. The number of methoxy groups -OCH3 is 2. The molecule has 2 aromatic carbocycles. The van der Waals surface area contributed by atoms with Crippen LogP contribution in [0, 0.1) is 0 Å². The minimum atomic E-state index is -0.0583. The standard InChI is InChI=1S/C11H11ClO2.C11H16N4O2.CH5N/c1-3-4-10(13)8-5-6-11(14-2)9(12)7-8;1-12-11-8-9(17-7-6-16-3)4-5-10(11)14-15-13-2;1-2/h3-7H,1-2H3;4-5,8,14-15H,1-2,6-7H2,3H3;2H2,1H3/b4-3+;;. The van der Waals surface area contributed by atoms with Gasteiger partial charge in [-0.25, -0.2) is 5.53 Å². The van der Waals surface area contributed by atoms with E-state index < -0.39 is 0 Å². The normalized spacial score (nSPS) is 9.52. The number of hydrazone groups is 1. The third-order valence-electron chi connectivity index (χ3n) is 3.72. The van der Waals surface area contributed by atoms with E-state index in [9.17, 15) is 4.79 Å². The fourth-order valence-corrected chi connectivity index (χ4v) is 2.51. The number of ether oxygens (including phenoxy) is 3. The van der Waals surface area contributed by atoms with E-state index in [1.165, 1.54) is 20.2 Å². The Kier molecular flexibility index (Phi) is 16.3. The summed E-state index contributed by atoms with van der Waals surface area (Å²) in [6, 6.07) is 10.4. The topological polar surface area (TPSA) is 120 Å². The second-order valence-electron chi connectivity index (χ2n) is 5.79. The highest BCUT2D eigenvalue weighted by molar-refractivity contribution is 6.32. The number of nitrogens with one attached hydrogen (secondary N) is 2. The number of nitrogens with zero attached hydrogens (tertiary/aromatic N) is 2. The number of ketones is 1. The highest BCUT2D eigenvalue weighted by atomic mass is 35.5. The maximum Gasteiger partial charge on any atom is 0.185 e. The zero-order valence-corrected chi connectivity index (χ0v) is 20.2. The number of hydrogen-bond donors (Lipinski definition) is 3. The molecule has 0 aliphatic heterocycles. The number of rotatable bonds is 11. The molecule has 0 fully saturated rings. The van der Waals surface area contributed by atoms with Crippen LogP contribution in [0.25, 0.3) is 0 Å². The molecule has 0 saturated carbocycles. The molecule has 2 rings (SSSR count). The van der Waals surface area contributed by atoms with E-state index in [-0.39, 0.29) is 5.78 Å². The Morgan fingerprint density at radius 2 is 1.88 bits per heavy atom. The zero-order valence-electron chi connectivity index (χ0n) is 19.4. The van der Waals surface area contributed by atoms with Gasteiger partial charge in [-0.15, -0.1) is 0 Å². The minimum Gasteiger partial charge on any atom is -0.495 e. The summed E-state index contributed by atoms with van der Waals surface area (Å²) in [5.74, 6) is 1.22. The third kappa shape index (κ3) is 11.2. The number of allylic oxidation sites excluding steroid dienone is 2. The van der Waals surface area contributed by atoms with Crippen molar-refractivity contribution in [3.05, 3.63) is 59.1 Å². The zero-order chi connectivity index (χ0) is 25.1. The smallest absolute Gasteiger partial charge is 0.185 e. The molecule has 0 unspecified atom stereocenters.